The number of aromatic amines is 1. The number of rotatable bonds is 4. The summed E-state index contributed by atoms with van der Waals surface area (Å²) in [6, 6.07) is 7.84. The zero-order chi connectivity index (χ0) is 14.8. The molecule has 0 aliphatic carbocycles. The smallest absolute Gasteiger partial charge is 0.258 e. The van der Waals surface area contributed by atoms with Gasteiger partial charge < -0.3 is 16.0 Å². The first-order chi connectivity index (χ1) is 10.2. The molecule has 4 N–H and O–H groups in total. The molecule has 0 spiro atoms. The van der Waals surface area contributed by atoms with Crippen LogP contribution >= 0.6 is 11.3 Å². The van der Waals surface area contributed by atoms with Gasteiger partial charge in [-0.15, -0.1) is 11.3 Å². The molecule has 1 atom stereocenters. The van der Waals surface area contributed by atoms with Crippen molar-refractivity contribution in [1.82, 2.24) is 9.97 Å². The second-order valence-electron chi connectivity index (χ2n) is 4.81. The van der Waals surface area contributed by atoms with E-state index in [2.05, 4.69) is 33.7 Å². The van der Waals surface area contributed by atoms with Crippen molar-refractivity contribution in [3.8, 4) is 0 Å². The summed E-state index contributed by atoms with van der Waals surface area (Å²) < 4.78 is 0. The lowest BCUT2D eigenvalue weighted by atomic mass is 10.1. The number of anilines is 2. The van der Waals surface area contributed by atoms with E-state index in [0.717, 1.165) is 12.1 Å². The van der Waals surface area contributed by atoms with Crippen molar-refractivity contribution in [2.24, 2.45) is 0 Å². The molecule has 0 saturated heterocycles. The highest BCUT2D eigenvalue weighted by atomic mass is 32.1. The average molecular weight is 300 g/mol. The molecular weight excluding hydrogens is 284 g/mol. The number of hydrogen-bond donors (Lipinski definition) is 3. The molecule has 1 unspecified atom stereocenters. The Morgan fingerprint density at radius 2 is 2.33 bits per heavy atom. The molecule has 0 bridgehead atoms. The minimum atomic E-state index is -0.177. The molecule has 21 heavy (non-hydrogen) atoms. The highest BCUT2D eigenvalue weighted by molar-refractivity contribution is 7.10. The third kappa shape index (κ3) is 2.62. The molecule has 3 aromatic rings. The molecular formula is C15H16N4OS. The summed E-state index contributed by atoms with van der Waals surface area (Å²) in [6.07, 6.45) is 2.35. The van der Waals surface area contributed by atoms with Crippen LogP contribution in [0.1, 0.15) is 24.3 Å². The Bertz CT molecular complexity index is 810. The molecule has 0 saturated carbocycles. The lowest BCUT2D eigenvalue weighted by Gasteiger charge is -2.18. The summed E-state index contributed by atoms with van der Waals surface area (Å²) in [6.45, 7) is 2.12. The Balaban J connectivity index is 2.00. The fraction of sp³-hybridized carbons (Fsp3) is 0.200. The van der Waals surface area contributed by atoms with Crippen LogP contribution in [0.25, 0.3) is 10.9 Å². The third-order valence-corrected chi connectivity index (χ3v) is 4.42. The number of fused-ring (bicyclic) bond motifs is 1. The standard InChI is InChI=1S/C15H16N4OS/c1-2-11(14-4-3-5-21-14)19-13-7-12-9(6-10(13)16)15(20)18-8-17-12/h3-8,11,19H,2,16H2,1H3,(H,17,18,20). The quantitative estimate of drug-likeness (QED) is 0.646. The molecule has 5 nitrogen and oxygen atoms in total. The van der Waals surface area contributed by atoms with Crippen molar-refractivity contribution in [3.63, 3.8) is 0 Å². The molecule has 0 aliphatic rings. The number of nitrogens with zero attached hydrogens (tertiary/aromatic N) is 1. The number of nitrogen functional groups attached to an aromatic ring is 1. The van der Waals surface area contributed by atoms with Crippen LogP contribution in [0.2, 0.25) is 0 Å². The van der Waals surface area contributed by atoms with E-state index in [1.165, 1.54) is 11.2 Å². The van der Waals surface area contributed by atoms with E-state index in [9.17, 15) is 4.79 Å². The Labute approximate surface area is 125 Å². The van der Waals surface area contributed by atoms with Gasteiger partial charge in [0.1, 0.15) is 0 Å². The monoisotopic (exact) mass is 300 g/mol. The fourth-order valence-corrected chi connectivity index (χ4v) is 3.17. The molecule has 3 rings (SSSR count). The Kier molecular flexibility index (Phi) is 3.62. The van der Waals surface area contributed by atoms with Crippen LogP contribution in [0.5, 0.6) is 0 Å². The van der Waals surface area contributed by atoms with Gasteiger partial charge in [-0.1, -0.05) is 13.0 Å². The number of thiophene rings is 1. The second kappa shape index (κ2) is 5.57. The van der Waals surface area contributed by atoms with Crippen LogP contribution in [-0.4, -0.2) is 9.97 Å². The van der Waals surface area contributed by atoms with E-state index in [1.807, 2.05) is 12.1 Å². The van der Waals surface area contributed by atoms with Gasteiger partial charge in [0, 0.05) is 4.88 Å². The summed E-state index contributed by atoms with van der Waals surface area (Å²) >= 11 is 1.71. The Hall–Kier alpha value is -2.34. The maximum atomic E-state index is 11.7. The first-order valence-electron chi connectivity index (χ1n) is 6.76. The molecule has 0 fully saturated rings. The zero-order valence-corrected chi connectivity index (χ0v) is 12.4. The highest BCUT2D eigenvalue weighted by Crippen LogP contribution is 2.30. The van der Waals surface area contributed by atoms with Crippen LogP contribution in [-0.2, 0) is 0 Å². The van der Waals surface area contributed by atoms with E-state index in [0.29, 0.717) is 16.6 Å². The lowest BCUT2D eigenvalue weighted by Crippen LogP contribution is -2.12. The van der Waals surface area contributed by atoms with Gasteiger partial charge in [-0.25, -0.2) is 4.98 Å². The van der Waals surface area contributed by atoms with Crippen LogP contribution in [0.3, 0.4) is 0 Å². The topological polar surface area (TPSA) is 83.8 Å². The van der Waals surface area contributed by atoms with Gasteiger partial charge >= 0.3 is 0 Å². The van der Waals surface area contributed by atoms with Crippen molar-refractivity contribution >= 4 is 33.6 Å². The summed E-state index contributed by atoms with van der Waals surface area (Å²) in [5, 5.41) is 6.01. The molecule has 0 amide bonds. The maximum absolute atomic E-state index is 11.7. The largest absolute Gasteiger partial charge is 0.397 e. The van der Waals surface area contributed by atoms with E-state index >= 15 is 0 Å². The number of aromatic nitrogens is 2. The number of nitrogens with one attached hydrogen (secondary N) is 2. The van der Waals surface area contributed by atoms with Crippen LogP contribution in [0.4, 0.5) is 11.4 Å². The lowest BCUT2D eigenvalue weighted by molar-refractivity contribution is 0.764. The molecule has 0 radical (unpaired) electrons. The van der Waals surface area contributed by atoms with Crippen molar-refractivity contribution in [2.45, 2.75) is 19.4 Å². The Morgan fingerprint density at radius 1 is 1.48 bits per heavy atom. The number of H-pyrrole nitrogens is 1. The number of benzene rings is 1. The van der Waals surface area contributed by atoms with Gasteiger partial charge in [0.05, 0.1) is 34.6 Å². The Morgan fingerprint density at radius 3 is 3.05 bits per heavy atom. The minimum Gasteiger partial charge on any atom is -0.397 e. The zero-order valence-electron chi connectivity index (χ0n) is 11.6. The van der Waals surface area contributed by atoms with Crippen LogP contribution in [0.15, 0.2) is 40.8 Å². The second-order valence-corrected chi connectivity index (χ2v) is 5.79. The van der Waals surface area contributed by atoms with Crippen molar-refractivity contribution in [2.75, 3.05) is 11.1 Å². The number of nitrogens with two attached hydrogens (primary N) is 1. The third-order valence-electron chi connectivity index (χ3n) is 3.44. The van der Waals surface area contributed by atoms with E-state index in [4.69, 9.17) is 5.73 Å². The van der Waals surface area contributed by atoms with Gasteiger partial charge in [0.2, 0.25) is 0 Å². The average Bonchev–Trinajstić information content (AvgIpc) is 3.00. The molecule has 0 aliphatic heterocycles. The highest BCUT2D eigenvalue weighted by Gasteiger charge is 2.13. The van der Waals surface area contributed by atoms with Gasteiger partial charge in [-0.2, -0.15) is 0 Å². The van der Waals surface area contributed by atoms with Crippen molar-refractivity contribution in [1.29, 1.82) is 0 Å². The molecule has 2 aromatic heterocycles. The molecule has 1 aromatic carbocycles. The van der Waals surface area contributed by atoms with E-state index in [1.54, 1.807) is 17.4 Å². The van der Waals surface area contributed by atoms with Crippen molar-refractivity contribution < 1.29 is 0 Å². The molecule has 108 valence electrons. The first kappa shape index (κ1) is 13.6. The van der Waals surface area contributed by atoms with Crippen LogP contribution in [0, 0.1) is 0 Å². The fourth-order valence-electron chi connectivity index (χ4n) is 2.31. The maximum Gasteiger partial charge on any atom is 0.258 e. The minimum absolute atomic E-state index is 0.177. The van der Waals surface area contributed by atoms with Gasteiger partial charge in [0.25, 0.3) is 5.56 Å². The van der Waals surface area contributed by atoms with Crippen LogP contribution < -0.4 is 16.6 Å². The first-order valence-corrected chi connectivity index (χ1v) is 7.64. The summed E-state index contributed by atoms with van der Waals surface area (Å²) in [4.78, 5) is 19.7. The molecule has 2 heterocycles. The van der Waals surface area contributed by atoms with Gasteiger partial charge in [0.15, 0.2) is 0 Å². The summed E-state index contributed by atoms with van der Waals surface area (Å²) in [5.74, 6) is 0. The predicted octanol–water partition coefficient (Wildman–Crippen LogP) is 3.13. The van der Waals surface area contributed by atoms with E-state index in [-0.39, 0.29) is 11.6 Å². The summed E-state index contributed by atoms with van der Waals surface area (Å²) in [7, 11) is 0. The van der Waals surface area contributed by atoms with Gasteiger partial charge in [-0.05, 0) is 30.0 Å². The van der Waals surface area contributed by atoms with E-state index < -0.39 is 0 Å². The molecule has 6 heteroatoms. The normalized spacial score (nSPS) is 12.4. The summed E-state index contributed by atoms with van der Waals surface area (Å²) in [5.41, 5.74) is 7.89. The van der Waals surface area contributed by atoms with Crippen molar-refractivity contribution in [3.05, 3.63) is 51.2 Å². The number of hydrogen-bond acceptors (Lipinski definition) is 5. The van der Waals surface area contributed by atoms with Gasteiger partial charge in [-0.3, -0.25) is 4.79 Å². The predicted molar refractivity (Wildman–Crippen MR) is 87.7 cm³/mol. The SMILES string of the molecule is CCC(Nc1cc2nc[nH]c(=O)c2cc1N)c1cccs1.